The van der Waals surface area contributed by atoms with Crippen molar-refractivity contribution in [3.63, 3.8) is 0 Å². The summed E-state index contributed by atoms with van der Waals surface area (Å²) in [5.74, 6) is 0. The Bertz CT molecular complexity index is 611. The molecule has 2 aromatic rings. The normalized spacial score (nSPS) is 14.6. The second-order valence-corrected chi connectivity index (χ2v) is 5.37. The highest BCUT2D eigenvalue weighted by Crippen LogP contribution is 2.35. The topological polar surface area (TPSA) is 38.9 Å². The Morgan fingerprint density at radius 3 is 2.32 bits per heavy atom. The molecule has 118 valence electrons. The van der Waals surface area contributed by atoms with Gasteiger partial charge in [-0.2, -0.15) is 13.2 Å². The Morgan fingerprint density at radius 1 is 1.05 bits per heavy atom. The summed E-state index contributed by atoms with van der Waals surface area (Å²) in [6.07, 6.45) is -0.972. The molecule has 0 bridgehead atoms. The summed E-state index contributed by atoms with van der Waals surface area (Å²) in [6.45, 7) is 2.03. The molecule has 0 saturated heterocycles. The van der Waals surface area contributed by atoms with Crippen molar-refractivity contribution in [2.24, 2.45) is 5.73 Å². The molecular formula is C17H19F3N2. The first-order chi connectivity index (χ1) is 10.4. The van der Waals surface area contributed by atoms with Crippen molar-refractivity contribution < 1.29 is 13.2 Å². The largest absolute Gasteiger partial charge is 0.433 e. The molecule has 1 aromatic heterocycles. The quantitative estimate of drug-likeness (QED) is 0.883. The van der Waals surface area contributed by atoms with Crippen LogP contribution in [-0.4, -0.2) is 4.98 Å². The van der Waals surface area contributed by atoms with Crippen molar-refractivity contribution in [1.29, 1.82) is 0 Å². The maximum absolute atomic E-state index is 12.9. The fourth-order valence-corrected chi connectivity index (χ4v) is 2.51. The molecule has 2 nitrogen and oxygen atoms in total. The van der Waals surface area contributed by atoms with Crippen molar-refractivity contribution in [2.75, 3.05) is 0 Å². The molecule has 1 aromatic carbocycles. The molecule has 22 heavy (non-hydrogen) atoms. The van der Waals surface area contributed by atoms with E-state index >= 15 is 0 Å². The lowest BCUT2D eigenvalue weighted by molar-refractivity contribution is -0.141. The predicted octanol–water partition coefficient (Wildman–Crippen LogP) is 4.49. The minimum Gasteiger partial charge on any atom is -0.318 e. The van der Waals surface area contributed by atoms with E-state index in [9.17, 15) is 13.2 Å². The van der Waals surface area contributed by atoms with Crippen LogP contribution >= 0.6 is 0 Å². The van der Waals surface area contributed by atoms with E-state index in [2.05, 4.69) is 4.98 Å². The summed E-state index contributed by atoms with van der Waals surface area (Å²) in [7, 11) is 0. The second-order valence-electron chi connectivity index (χ2n) is 5.37. The molecule has 0 amide bonds. The number of nitrogens with zero attached hydrogens (tertiary/aromatic N) is 1. The Morgan fingerprint density at radius 2 is 1.73 bits per heavy atom. The molecule has 0 aliphatic rings. The van der Waals surface area contributed by atoms with Crippen LogP contribution in [-0.2, 0) is 11.7 Å². The highest BCUT2D eigenvalue weighted by Gasteiger charge is 2.35. The standard InChI is InChI=1S/C17H19F3N2/c1-2-3-10-16(21,13-7-5-4-6-8-13)14-9-11-22-15(12-14)17(18,19)20/h4-9,11-12H,2-3,10,21H2,1H3/t16-/m1/s1. The van der Waals surface area contributed by atoms with Gasteiger partial charge in [-0.1, -0.05) is 50.1 Å². The van der Waals surface area contributed by atoms with Gasteiger partial charge >= 0.3 is 6.18 Å². The molecule has 5 heteroatoms. The van der Waals surface area contributed by atoms with Gasteiger partial charge < -0.3 is 5.73 Å². The van der Waals surface area contributed by atoms with Gasteiger partial charge in [0.1, 0.15) is 5.69 Å². The summed E-state index contributed by atoms with van der Waals surface area (Å²) in [6, 6.07) is 11.9. The zero-order valence-corrected chi connectivity index (χ0v) is 12.4. The molecule has 0 fully saturated rings. The first-order valence-corrected chi connectivity index (χ1v) is 7.26. The molecule has 0 aliphatic carbocycles. The van der Waals surface area contributed by atoms with E-state index in [1.165, 1.54) is 6.20 Å². The molecule has 0 aliphatic heterocycles. The number of rotatable bonds is 5. The van der Waals surface area contributed by atoms with Crippen LogP contribution in [0.5, 0.6) is 0 Å². The smallest absolute Gasteiger partial charge is 0.318 e. The van der Waals surface area contributed by atoms with Gasteiger partial charge in [-0.3, -0.25) is 4.98 Å². The van der Waals surface area contributed by atoms with Crippen molar-refractivity contribution in [3.8, 4) is 0 Å². The van der Waals surface area contributed by atoms with E-state index in [0.29, 0.717) is 12.0 Å². The van der Waals surface area contributed by atoms with Crippen molar-refractivity contribution >= 4 is 0 Å². The van der Waals surface area contributed by atoms with E-state index in [-0.39, 0.29) is 0 Å². The van der Waals surface area contributed by atoms with Crippen LogP contribution in [0.2, 0.25) is 0 Å². The lowest BCUT2D eigenvalue weighted by atomic mass is 9.80. The average Bonchev–Trinajstić information content (AvgIpc) is 2.53. The molecule has 2 rings (SSSR count). The zero-order chi connectivity index (χ0) is 16.2. The van der Waals surface area contributed by atoms with Crippen LogP contribution < -0.4 is 5.73 Å². The van der Waals surface area contributed by atoms with Gasteiger partial charge in [-0.05, 0) is 29.7 Å². The van der Waals surface area contributed by atoms with Gasteiger partial charge in [-0.25, -0.2) is 0 Å². The van der Waals surface area contributed by atoms with Crippen molar-refractivity contribution in [2.45, 2.75) is 37.9 Å². The van der Waals surface area contributed by atoms with Crippen LogP contribution in [0, 0.1) is 0 Å². The first kappa shape index (κ1) is 16.5. The third kappa shape index (κ3) is 3.47. The van der Waals surface area contributed by atoms with Gasteiger partial charge in [0, 0.05) is 6.20 Å². The summed E-state index contributed by atoms with van der Waals surface area (Å²) >= 11 is 0. The van der Waals surface area contributed by atoms with E-state index in [1.807, 2.05) is 37.3 Å². The Balaban J connectivity index is 2.50. The highest BCUT2D eigenvalue weighted by atomic mass is 19.4. The molecule has 1 atom stereocenters. The number of nitrogens with two attached hydrogens (primary N) is 1. The summed E-state index contributed by atoms with van der Waals surface area (Å²) in [4.78, 5) is 3.42. The van der Waals surface area contributed by atoms with E-state index in [4.69, 9.17) is 5.73 Å². The van der Waals surface area contributed by atoms with Crippen LogP contribution in [0.25, 0.3) is 0 Å². The fraction of sp³-hybridized carbons (Fsp3) is 0.353. The van der Waals surface area contributed by atoms with Crippen molar-refractivity contribution in [3.05, 3.63) is 65.5 Å². The molecule has 0 unspecified atom stereocenters. The van der Waals surface area contributed by atoms with Crippen LogP contribution in [0.3, 0.4) is 0 Å². The third-order valence-corrected chi connectivity index (χ3v) is 3.78. The maximum Gasteiger partial charge on any atom is 0.433 e. The molecule has 2 N–H and O–H groups in total. The van der Waals surface area contributed by atoms with Gasteiger partial charge in [-0.15, -0.1) is 0 Å². The number of aromatic nitrogens is 1. The minimum absolute atomic E-state index is 0.439. The Kier molecular flexibility index (Phi) is 4.86. The van der Waals surface area contributed by atoms with Gasteiger partial charge in [0.15, 0.2) is 0 Å². The van der Waals surface area contributed by atoms with Gasteiger partial charge in [0.2, 0.25) is 0 Å². The number of alkyl halides is 3. The number of pyridine rings is 1. The van der Waals surface area contributed by atoms with Gasteiger partial charge in [0.25, 0.3) is 0 Å². The van der Waals surface area contributed by atoms with Crippen LogP contribution in [0.15, 0.2) is 48.7 Å². The molecular weight excluding hydrogens is 289 g/mol. The number of halogens is 3. The first-order valence-electron chi connectivity index (χ1n) is 7.26. The van der Waals surface area contributed by atoms with Crippen LogP contribution in [0.1, 0.15) is 43.0 Å². The third-order valence-electron chi connectivity index (χ3n) is 3.78. The Labute approximate surface area is 128 Å². The van der Waals surface area contributed by atoms with Crippen LogP contribution in [0.4, 0.5) is 13.2 Å². The van der Waals surface area contributed by atoms with E-state index in [1.54, 1.807) is 6.07 Å². The number of unbranched alkanes of at least 4 members (excludes halogenated alkanes) is 1. The number of benzene rings is 1. The molecule has 0 spiro atoms. The Hall–Kier alpha value is -1.88. The summed E-state index contributed by atoms with van der Waals surface area (Å²) in [5, 5.41) is 0. The van der Waals surface area contributed by atoms with E-state index < -0.39 is 17.4 Å². The summed E-state index contributed by atoms with van der Waals surface area (Å²) in [5.41, 5.74) is 5.94. The van der Waals surface area contributed by atoms with Gasteiger partial charge in [0.05, 0.1) is 5.54 Å². The minimum atomic E-state index is -4.47. The number of hydrogen-bond donors (Lipinski definition) is 1. The lowest BCUT2D eigenvalue weighted by Crippen LogP contribution is -2.38. The summed E-state index contributed by atoms with van der Waals surface area (Å²) < 4.78 is 38.7. The molecule has 1 heterocycles. The zero-order valence-electron chi connectivity index (χ0n) is 12.4. The molecule has 0 saturated carbocycles. The van der Waals surface area contributed by atoms with Crippen molar-refractivity contribution in [1.82, 2.24) is 4.98 Å². The lowest BCUT2D eigenvalue weighted by Gasteiger charge is -2.31. The average molecular weight is 308 g/mol. The molecule has 0 radical (unpaired) electrons. The maximum atomic E-state index is 12.9. The SMILES string of the molecule is CCCC[C@@](N)(c1ccccc1)c1ccnc(C(F)(F)F)c1. The highest BCUT2D eigenvalue weighted by molar-refractivity contribution is 5.38. The predicted molar refractivity (Wildman–Crippen MR) is 80.2 cm³/mol. The number of hydrogen-bond acceptors (Lipinski definition) is 2. The second kappa shape index (κ2) is 6.48. The van der Waals surface area contributed by atoms with E-state index in [0.717, 1.165) is 24.5 Å². The fourth-order valence-electron chi connectivity index (χ4n) is 2.51. The monoisotopic (exact) mass is 308 g/mol.